The maximum Gasteiger partial charge on any atom is 0.242 e. The lowest BCUT2D eigenvalue weighted by Gasteiger charge is -2.17. The van der Waals surface area contributed by atoms with Crippen molar-refractivity contribution in [3.63, 3.8) is 0 Å². The molecule has 3 rings (SSSR count). The minimum absolute atomic E-state index is 0.00649. The zero-order valence-corrected chi connectivity index (χ0v) is 16.7. The molecular formula is C18H19FN2O5S2. The number of amides is 1. The Labute approximate surface area is 163 Å². The van der Waals surface area contributed by atoms with Crippen molar-refractivity contribution in [2.24, 2.45) is 0 Å². The molecule has 0 unspecified atom stereocenters. The zero-order chi connectivity index (χ0) is 20.5. The van der Waals surface area contributed by atoms with Gasteiger partial charge in [-0.2, -0.15) is 0 Å². The van der Waals surface area contributed by atoms with Crippen molar-refractivity contribution in [2.75, 3.05) is 16.6 Å². The first-order valence-corrected chi connectivity index (χ1v) is 11.6. The summed E-state index contributed by atoms with van der Waals surface area (Å²) in [5, 5.41) is 0. The molecule has 0 aliphatic carbocycles. The average molecular weight is 426 g/mol. The van der Waals surface area contributed by atoms with E-state index >= 15 is 0 Å². The molecule has 2 aromatic rings. The average Bonchev–Trinajstić information content (AvgIpc) is 2.90. The number of hydrogen-bond acceptors (Lipinski definition) is 5. The van der Waals surface area contributed by atoms with E-state index in [0.29, 0.717) is 16.3 Å². The zero-order valence-electron chi connectivity index (χ0n) is 15.1. The van der Waals surface area contributed by atoms with Crippen LogP contribution >= 0.6 is 0 Å². The van der Waals surface area contributed by atoms with Gasteiger partial charge >= 0.3 is 0 Å². The minimum Gasteiger partial charge on any atom is -0.273 e. The van der Waals surface area contributed by atoms with Gasteiger partial charge in [0.15, 0.2) is 0 Å². The number of sulfonamides is 2. The van der Waals surface area contributed by atoms with Gasteiger partial charge in [-0.3, -0.25) is 4.79 Å². The van der Waals surface area contributed by atoms with Crippen LogP contribution in [0.3, 0.4) is 0 Å². The molecule has 2 aromatic carbocycles. The Bertz CT molecular complexity index is 1110. The van der Waals surface area contributed by atoms with Gasteiger partial charge in [0.25, 0.3) is 0 Å². The number of hydrogen-bond donors (Lipinski definition) is 1. The molecule has 1 saturated heterocycles. The summed E-state index contributed by atoms with van der Waals surface area (Å²) in [6.45, 7) is 1.66. The molecule has 10 heteroatoms. The van der Waals surface area contributed by atoms with E-state index < -0.39 is 26.0 Å². The number of nitrogens with one attached hydrogen (secondary N) is 1. The molecule has 7 nitrogen and oxygen atoms in total. The van der Waals surface area contributed by atoms with E-state index in [1.54, 1.807) is 19.1 Å². The van der Waals surface area contributed by atoms with Gasteiger partial charge in [-0.25, -0.2) is 30.3 Å². The second-order valence-electron chi connectivity index (χ2n) is 6.45. The number of carbonyl (C=O) groups is 1. The lowest BCUT2D eigenvalue weighted by Crippen LogP contribution is -2.30. The lowest BCUT2D eigenvalue weighted by atomic mass is 10.1. The van der Waals surface area contributed by atoms with E-state index in [-0.39, 0.29) is 35.1 Å². The van der Waals surface area contributed by atoms with Crippen LogP contribution in [0.1, 0.15) is 17.5 Å². The van der Waals surface area contributed by atoms with E-state index in [2.05, 4.69) is 4.72 Å². The fourth-order valence-corrected chi connectivity index (χ4v) is 5.68. The molecule has 1 aliphatic rings. The van der Waals surface area contributed by atoms with Crippen LogP contribution in [0.15, 0.2) is 47.4 Å². The minimum atomic E-state index is -3.93. The Morgan fingerprint density at radius 2 is 1.82 bits per heavy atom. The van der Waals surface area contributed by atoms with Crippen molar-refractivity contribution < 1.29 is 26.0 Å². The summed E-state index contributed by atoms with van der Waals surface area (Å²) < 4.78 is 65.6. The van der Waals surface area contributed by atoms with E-state index in [1.807, 2.05) is 0 Å². The van der Waals surface area contributed by atoms with Crippen LogP contribution < -0.4 is 9.03 Å². The maximum absolute atomic E-state index is 12.9. The number of halogens is 1. The van der Waals surface area contributed by atoms with Crippen molar-refractivity contribution in [3.05, 3.63) is 59.4 Å². The third-order valence-electron chi connectivity index (χ3n) is 4.39. The number of anilines is 1. The van der Waals surface area contributed by atoms with Crippen molar-refractivity contribution in [2.45, 2.75) is 24.7 Å². The molecule has 0 saturated carbocycles. The molecule has 0 atom stereocenters. The third kappa shape index (κ3) is 4.23. The first kappa shape index (κ1) is 20.4. The highest BCUT2D eigenvalue weighted by atomic mass is 32.2. The van der Waals surface area contributed by atoms with E-state index in [4.69, 9.17) is 0 Å². The van der Waals surface area contributed by atoms with E-state index in [1.165, 1.54) is 30.3 Å². The van der Waals surface area contributed by atoms with E-state index in [9.17, 15) is 26.0 Å². The first-order chi connectivity index (χ1) is 13.1. The SMILES string of the molecule is Cc1ccc(N2C(=O)CCS2(=O)=O)cc1S(=O)(=O)NCCc1ccc(F)cc1. The molecule has 0 spiro atoms. The van der Waals surface area contributed by atoms with Gasteiger partial charge < -0.3 is 0 Å². The lowest BCUT2D eigenvalue weighted by molar-refractivity contribution is -0.116. The summed E-state index contributed by atoms with van der Waals surface area (Å²) in [4.78, 5) is 11.8. The van der Waals surface area contributed by atoms with Crippen molar-refractivity contribution in [3.8, 4) is 0 Å². The van der Waals surface area contributed by atoms with Gasteiger partial charge in [0.05, 0.1) is 16.3 Å². The highest BCUT2D eigenvalue weighted by molar-refractivity contribution is 7.94. The smallest absolute Gasteiger partial charge is 0.242 e. The van der Waals surface area contributed by atoms with Crippen molar-refractivity contribution in [1.82, 2.24) is 4.72 Å². The van der Waals surface area contributed by atoms with Crippen LogP contribution in [-0.4, -0.2) is 35.0 Å². The van der Waals surface area contributed by atoms with Gasteiger partial charge in [-0.05, 0) is 48.7 Å². The van der Waals surface area contributed by atoms with Gasteiger partial charge in [0.1, 0.15) is 5.82 Å². The van der Waals surface area contributed by atoms with Gasteiger partial charge in [-0.15, -0.1) is 0 Å². The molecule has 28 heavy (non-hydrogen) atoms. The predicted octanol–water partition coefficient (Wildman–Crippen LogP) is 1.72. The van der Waals surface area contributed by atoms with Crippen LogP contribution in [0.5, 0.6) is 0 Å². The summed E-state index contributed by atoms with van der Waals surface area (Å²) in [7, 11) is -7.72. The quantitative estimate of drug-likeness (QED) is 0.758. The maximum atomic E-state index is 12.9. The Morgan fingerprint density at radius 3 is 2.43 bits per heavy atom. The molecule has 1 heterocycles. The second kappa shape index (κ2) is 7.61. The monoisotopic (exact) mass is 426 g/mol. The second-order valence-corrected chi connectivity index (χ2v) is 10.1. The van der Waals surface area contributed by atoms with E-state index in [0.717, 1.165) is 5.56 Å². The molecule has 0 aromatic heterocycles. The largest absolute Gasteiger partial charge is 0.273 e. The highest BCUT2D eigenvalue weighted by Crippen LogP contribution is 2.28. The number of carbonyl (C=O) groups excluding carboxylic acids is 1. The summed E-state index contributed by atoms with van der Waals surface area (Å²) in [6, 6.07) is 9.80. The molecule has 0 bridgehead atoms. The fraction of sp³-hybridized carbons (Fsp3) is 0.278. The van der Waals surface area contributed by atoms with Crippen LogP contribution in [0.2, 0.25) is 0 Å². The van der Waals surface area contributed by atoms with Gasteiger partial charge in [0.2, 0.25) is 26.0 Å². The van der Waals surface area contributed by atoms with Crippen LogP contribution in [0.25, 0.3) is 0 Å². The number of benzene rings is 2. The summed E-state index contributed by atoms with van der Waals surface area (Å²) in [5.41, 5.74) is 1.19. The summed E-state index contributed by atoms with van der Waals surface area (Å²) in [6.07, 6.45) is 0.228. The predicted molar refractivity (Wildman–Crippen MR) is 102 cm³/mol. The first-order valence-electron chi connectivity index (χ1n) is 8.51. The molecule has 150 valence electrons. The van der Waals surface area contributed by atoms with Crippen molar-refractivity contribution in [1.29, 1.82) is 0 Å². The summed E-state index contributed by atoms with van der Waals surface area (Å²) in [5.74, 6) is -1.25. The van der Waals surface area contributed by atoms with Gasteiger partial charge in [0, 0.05) is 13.0 Å². The number of nitrogens with zero attached hydrogens (tertiary/aromatic N) is 1. The van der Waals surface area contributed by atoms with Crippen LogP contribution in [0, 0.1) is 12.7 Å². The van der Waals surface area contributed by atoms with Crippen molar-refractivity contribution >= 4 is 31.6 Å². The molecule has 1 N–H and O–H groups in total. The van der Waals surface area contributed by atoms with Crippen LogP contribution in [-0.2, 0) is 31.3 Å². The highest BCUT2D eigenvalue weighted by Gasteiger charge is 2.36. The number of rotatable bonds is 6. The Kier molecular flexibility index (Phi) is 5.55. The number of aryl methyl sites for hydroxylation is 1. The Balaban J connectivity index is 1.81. The Morgan fingerprint density at radius 1 is 1.14 bits per heavy atom. The van der Waals surface area contributed by atoms with Gasteiger partial charge in [-0.1, -0.05) is 18.2 Å². The molecular weight excluding hydrogens is 407 g/mol. The molecule has 1 aliphatic heterocycles. The fourth-order valence-electron chi connectivity index (χ4n) is 2.93. The normalized spacial score (nSPS) is 16.5. The standard InChI is InChI=1S/C18H19FN2O5S2/c1-13-2-7-16(21-18(22)9-11-27(21,23)24)12-17(13)28(25,26)20-10-8-14-3-5-15(19)6-4-14/h2-7,12,20H,8-11H2,1H3. The Hall–Kier alpha value is -2.30. The molecule has 0 radical (unpaired) electrons. The topological polar surface area (TPSA) is 101 Å². The molecule has 1 amide bonds. The third-order valence-corrected chi connectivity index (χ3v) is 7.69. The van der Waals surface area contributed by atoms with Crippen LogP contribution in [0.4, 0.5) is 10.1 Å². The summed E-state index contributed by atoms with van der Waals surface area (Å²) >= 11 is 0. The molecule has 1 fully saturated rings.